The highest BCUT2D eigenvalue weighted by Crippen LogP contribution is 2.36. The van der Waals surface area contributed by atoms with Gasteiger partial charge in [0.05, 0.1) is 6.20 Å². The first-order chi connectivity index (χ1) is 13.6. The average Bonchev–Trinajstić information content (AvgIpc) is 2.71. The third kappa shape index (κ3) is 3.78. The molecule has 0 atom stereocenters. The maximum Gasteiger partial charge on any atom is 0.387 e. The molecule has 3 aromatic rings. The van der Waals surface area contributed by atoms with Crippen molar-refractivity contribution in [3.05, 3.63) is 77.6 Å². The lowest BCUT2D eigenvalue weighted by Gasteiger charge is -2.20. The van der Waals surface area contributed by atoms with Gasteiger partial charge in [0.2, 0.25) is 0 Å². The van der Waals surface area contributed by atoms with Crippen LogP contribution in [-0.4, -0.2) is 17.5 Å². The van der Waals surface area contributed by atoms with E-state index in [4.69, 9.17) is 4.74 Å². The normalized spacial score (nSPS) is 12.0. The highest BCUT2D eigenvalue weighted by molar-refractivity contribution is 5.95. The zero-order valence-electron chi connectivity index (χ0n) is 14.7. The van der Waals surface area contributed by atoms with Crippen LogP contribution in [0.15, 0.2) is 60.9 Å². The minimum atomic E-state index is -2.89. The highest BCUT2D eigenvalue weighted by Gasteiger charge is 2.18. The zero-order valence-corrected chi connectivity index (χ0v) is 14.7. The van der Waals surface area contributed by atoms with E-state index in [1.54, 1.807) is 36.7 Å². The first-order valence-corrected chi connectivity index (χ1v) is 8.62. The average molecular weight is 382 g/mol. The molecule has 0 saturated heterocycles. The molecule has 0 bridgehead atoms. The van der Waals surface area contributed by atoms with Gasteiger partial charge < -0.3 is 14.8 Å². The molecule has 2 aromatic carbocycles. The summed E-state index contributed by atoms with van der Waals surface area (Å²) in [7, 11) is 0. The number of alkyl halides is 2. The van der Waals surface area contributed by atoms with Crippen LogP contribution >= 0.6 is 0 Å². The fourth-order valence-corrected chi connectivity index (χ4v) is 3.11. The van der Waals surface area contributed by atoms with Gasteiger partial charge in [0, 0.05) is 23.9 Å². The van der Waals surface area contributed by atoms with Gasteiger partial charge in [0.1, 0.15) is 18.1 Å². The van der Waals surface area contributed by atoms with Crippen molar-refractivity contribution in [2.75, 3.05) is 0 Å². The Balaban J connectivity index is 1.47. The topological polar surface area (TPSA) is 60.5 Å². The Morgan fingerprint density at radius 1 is 1.18 bits per heavy atom. The minimum absolute atomic E-state index is 0.0563. The number of carbonyl (C=O) groups is 1. The highest BCUT2D eigenvalue weighted by atomic mass is 19.3. The van der Waals surface area contributed by atoms with Gasteiger partial charge in [0.25, 0.3) is 5.91 Å². The third-order valence-corrected chi connectivity index (χ3v) is 4.40. The van der Waals surface area contributed by atoms with Crippen molar-refractivity contribution in [1.82, 2.24) is 10.3 Å². The van der Waals surface area contributed by atoms with E-state index < -0.39 is 6.61 Å². The van der Waals surface area contributed by atoms with Gasteiger partial charge in [-0.25, -0.2) is 0 Å². The molecule has 1 aliphatic heterocycles. The summed E-state index contributed by atoms with van der Waals surface area (Å²) in [4.78, 5) is 16.6. The van der Waals surface area contributed by atoms with E-state index in [1.807, 2.05) is 12.1 Å². The first-order valence-electron chi connectivity index (χ1n) is 8.62. The number of carbonyl (C=O) groups excluding carboxylic acids is 1. The maximum absolute atomic E-state index is 12.5. The monoisotopic (exact) mass is 382 g/mol. The number of hydrogen-bond acceptors (Lipinski definition) is 4. The van der Waals surface area contributed by atoms with Crippen molar-refractivity contribution >= 4 is 5.91 Å². The Bertz CT molecular complexity index is 1020. The van der Waals surface area contributed by atoms with Crippen LogP contribution in [0.1, 0.15) is 21.5 Å². The van der Waals surface area contributed by atoms with Crippen molar-refractivity contribution in [2.45, 2.75) is 19.8 Å². The summed E-state index contributed by atoms with van der Waals surface area (Å²) in [6.07, 6.45) is 3.37. The molecular weight excluding hydrogens is 366 g/mol. The smallest absolute Gasteiger partial charge is 0.387 e. The Hall–Kier alpha value is -3.48. The molecule has 7 heteroatoms. The second-order valence-corrected chi connectivity index (χ2v) is 6.24. The van der Waals surface area contributed by atoms with E-state index in [0.29, 0.717) is 17.7 Å². The molecule has 142 valence electrons. The molecule has 0 aliphatic carbocycles. The fraction of sp³-hybridized carbons (Fsp3) is 0.143. The second-order valence-electron chi connectivity index (χ2n) is 6.24. The van der Waals surface area contributed by atoms with Crippen LogP contribution in [0.3, 0.4) is 0 Å². The molecule has 1 aliphatic rings. The van der Waals surface area contributed by atoms with E-state index in [1.165, 1.54) is 12.1 Å². The third-order valence-electron chi connectivity index (χ3n) is 4.40. The molecule has 5 nitrogen and oxygen atoms in total. The van der Waals surface area contributed by atoms with E-state index in [2.05, 4.69) is 15.0 Å². The van der Waals surface area contributed by atoms with Crippen LogP contribution in [-0.2, 0) is 13.2 Å². The van der Waals surface area contributed by atoms with Gasteiger partial charge in [-0.05, 0) is 47.0 Å². The number of amides is 1. The molecule has 28 heavy (non-hydrogen) atoms. The second kappa shape index (κ2) is 7.64. The molecule has 1 aromatic heterocycles. The molecule has 0 saturated carbocycles. The Kier molecular flexibility index (Phi) is 4.89. The summed E-state index contributed by atoms with van der Waals surface area (Å²) in [5.41, 5.74) is 4.03. The zero-order chi connectivity index (χ0) is 19.5. The summed E-state index contributed by atoms with van der Waals surface area (Å²) < 4.78 is 34.7. The van der Waals surface area contributed by atoms with Crippen molar-refractivity contribution in [3.8, 4) is 22.6 Å². The minimum Gasteiger partial charge on any atom is -0.487 e. The van der Waals surface area contributed by atoms with Crippen LogP contribution in [0.4, 0.5) is 8.78 Å². The van der Waals surface area contributed by atoms with Crippen LogP contribution < -0.4 is 14.8 Å². The van der Waals surface area contributed by atoms with E-state index in [0.717, 1.165) is 22.4 Å². The van der Waals surface area contributed by atoms with Crippen molar-refractivity contribution in [2.24, 2.45) is 0 Å². The molecule has 1 N–H and O–H groups in total. The Morgan fingerprint density at radius 3 is 2.93 bits per heavy atom. The lowest BCUT2D eigenvalue weighted by molar-refractivity contribution is -0.0498. The van der Waals surface area contributed by atoms with Crippen molar-refractivity contribution < 1.29 is 23.0 Å². The molecule has 0 spiro atoms. The molecule has 2 heterocycles. The number of rotatable bonds is 5. The number of nitrogens with one attached hydrogen (secondary N) is 1. The molecule has 0 fully saturated rings. The van der Waals surface area contributed by atoms with Gasteiger partial charge in [0.15, 0.2) is 0 Å². The molecule has 0 radical (unpaired) electrons. The predicted molar refractivity (Wildman–Crippen MR) is 98.2 cm³/mol. The summed E-state index contributed by atoms with van der Waals surface area (Å²) >= 11 is 0. The van der Waals surface area contributed by atoms with Crippen molar-refractivity contribution in [3.63, 3.8) is 0 Å². The number of pyridine rings is 1. The maximum atomic E-state index is 12.5. The number of fused-ring (bicyclic) bond motifs is 3. The van der Waals surface area contributed by atoms with E-state index in [9.17, 15) is 13.6 Å². The van der Waals surface area contributed by atoms with E-state index in [-0.39, 0.29) is 18.2 Å². The van der Waals surface area contributed by atoms with E-state index >= 15 is 0 Å². The summed E-state index contributed by atoms with van der Waals surface area (Å²) in [6.45, 7) is -2.33. The van der Waals surface area contributed by atoms with Crippen LogP contribution in [0.25, 0.3) is 11.1 Å². The van der Waals surface area contributed by atoms with Gasteiger partial charge in [-0.1, -0.05) is 18.2 Å². The predicted octanol–water partition coefficient (Wildman–Crippen LogP) is 4.17. The number of benzene rings is 2. The molecule has 0 unspecified atom stereocenters. The number of hydrogen-bond donors (Lipinski definition) is 1. The number of aromatic nitrogens is 1. The molecule has 1 amide bonds. The van der Waals surface area contributed by atoms with Crippen LogP contribution in [0.2, 0.25) is 0 Å². The Morgan fingerprint density at radius 2 is 2.07 bits per heavy atom. The lowest BCUT2D eigenvalue weighted by Crippen LogP contribution is -2.23. The number of ether oxygens (including phenoxy) is 2. The Labute approximate surface area is 159 Å². The summed E-state index contributed by atoms with van der Waals surface area (Å²) in [5, 5.41) is 2.79. The lowest BCUT2D eigenvalue weighted by atomic mass is 9.96. The van der Waals surface area contributed by atoms with Crippen LogP contribution in [0, 0.1) is 0 Å². The fourth-order valence-electron chi connectivity index (χ4n) is 3.11. The van der Waals surface area contributed by atoms with Crippen LogP contribution in [0.5, 0.6) is 11.5 Å². The summed E-state index contributed by atoms with van der Waals surface area (Å²) in [5.74, 6) is 0.516. The summed E-state index contributed by atoms with van der Waals surface area (Å²) in [6, 6.07) is 13.5. The van der Waals surface area contributed by atoms with Crippen molar-refractivity contribution in [1.29, 1.82) is 0 Å². The number of halogens is 2. The largest absolute Gasteiger partial charge is 0.487 e. The SMILES string of the molecule is O=C(NCc1cccc(OC(F)F)c1)c1ccc2c(c1)COc1cnccc1-2. The van der Waals surface area contributed by atoms with Gasteiger partial charge in [-0.3, -0.25) is 9.78 Å². The van der Waals surface area contributed by atoms with Gasteiger partial charge in [-0.15, -0.1) is 0 Å². The standard InChI is InChI=1S/C21H16F2N2O3/c22-21(23)28-16-3-1-2-13(8-16)10-25-20(26)14-4-5-17-15(9-14)12-27-19-11-24-7-6-18(17)19/h1-9,11,21H,10,12H2,(H,25,26). The first kappa shape index (κ1) is 17.9. The molecular formula is C21H16F2N2O3. The van der Waals surface area contributed by atoms with Gasteiger partial charge in [-0.2, -0.15) is 8.78 Å². The quantitative estimate of drug-likeness (QED) is 0.719. The molecule has 4 rings (SSSR count). The van der Waals surface area contributed by atoms with Gasteiger partial charge >= 0.3 is 6.61 Å². The number of nitrogens with zero attached hydrogens (tertiary/aromatic N) is 1.